The summed E-state index contributed by atoms with van der Waals surface area (Å²) < 4.78 is 2.65. The van der Waals surface area contributed by atoms with Crippen LogP contribution in [-0.2, 0) is 13.6 Å². The van der Waals surface area contributed by atoms with Crippen molar-refractivity contribution in [3.05, 3.63) is 40.0 Å². The van der Waals surface area contributed by atoms with Gasteiger partial charge in [-0.25, -0.2) is 4.79 Å². The van der Waals surface area contributed by atoms with Crippen molar-refractivity contribution in [3.63, 3.8) is 0 Å². The lowest BCUT2D eigenvalue weighted by molar-refractivity contribution is 0.0689. The Labute approximate surface area is 137 Å². The second kappa shape index (κ2) is 6.22. The average molecular weight is 364 g/mol. The van der Waals surface area contributed by atoms with Crippen LogP contribution in [0.2, 0.25) is 0 Å². The van der Waals surface area contributed by atoms with E-state index in [4.69, 9.17) is 5.11 Å². The fraction of sp³-hybridized carbons (Fsp3) is 0.375. The van der Waals surface area contributed by atoms with E-state index in [1.54, 1.807) is 17.8 Å². The highest BCUT2D eigenvalue weighted by Gasteiger charge is 2.16. The Kier molecular flexibility index (Phi) is 4.31. The number of aromatic nitrogens is 2. The van der Waals surface area contributed by atoms with Gasteiger partial charge in [-0.2, -0.15) is 5.10 Å². The van der Waals surface area contributed by atoms with Crippen LogP contribution in [0.25, 0.3) is 11.3 Å². The van der Waals surface area contributed by atoms with Crippen molar-refractivity contribution < 1.29 is 9.90 Å². The molecule has 6 heteroatoms. The number of benzene rings is 1. The molecular weight excluding hydrogens is 346 g/mol. The van der Waals surface area contributed by atoms with Gasteiger partial charge in [-0.3, -0.25) is 9.58 Å². The van der Waals surface area contributed by atoms with Crippen molar-refractivity contribution in [3.8, 4) is 11.3 Å². The molecular formula is C16H18BrN3O2. The molecule has 1 aliphatic rings. The van der Waals surface area contributed by atoms with E-state index in [0.29, 0.717) is 0 Å². The van der Waals surface area contributed by atoms with Gasteiger partial charge in [0.15, 0.2) is 5.69 Å². The minimum Gasteiger partial charge on any atom is -0.476 e. The minimum absolute atomic E-state index is 0.0646. The molecule has 1 fully saturated rings. The van der Waals surface area contributed by atoms with Gasteiger partial charge in [-0.15, -0.1) is 0 Å². The number of nitrogens with zero attached hydrogens (tertiary/aromatic N) is 3. The topological polar surface area (TPSA) is 58.4 Å². The molecule has 1 saturated heterocycles. The number of carboxylic acids is 1. The highest BCUT2D eigenvalue weighted by Crippen LogP contribution is 2.28. The number of likely N-dealkylation sites (tertiary alicyclic amines) is 1. The molecule has 1 aromatic heterocycles. The summed E-state index contributed by atoms with van der Waals surface area (Å²) in [6.45, 7) is 3.28. The number of carbonyl (C=O) groups is 1. The molecule has 0 spiro atoms. The highest BCUT2D eigenvalue weighted by molar-refractivity contribution is 9.10. The van der Waals surface area contributed by atoms with Gasteiger partial charge in [-0.05, 0) is 43.6 Å². The van der Waals surface area contributed by atoms with Crippen LogP contribution < -0.4 is 0 Å². The van der Waals surface area contributed by atoms with Crippen molar-refractivity contribution in [1.82, 2.24) is 14.7 Å². The molecule has 0 aliphatic carbocycles. The molecule has 1 aromatic carbocycles. The first kappa shape index (κ1) is 15.2. The Hall–Kier alpha value is -1.66. The van der Waals surface area contributed by atoms with E-state index in [9.17, 15) is 4.79 Å². The molecule has 1 aliphatic heterocycles. The average Bonchev–Trinajstić information content (AvgIpc) is 3.10. The van der Waals surface area contributed by atoms with E-state index in [1.807, 2.05) is 12.1 Å². The van der Waals surface area contributed by atoms with E-state index in [1.165, 1.54) is 18.4 Å². The quantitative estimate of drug-likeness (QED) is 0.906. The summed E-state index contributed by atoms with van der Waals surface area (Å²) in [5.41, 5.74) is 3.08. The Morgan fingerprint density at radius 1 is 1.32 bits per heavy atom. The molecule has 2 aromatic rings. The molecule has 0 atom stereocenters. The largest absolute Gasteiger partial charge is 0.476 e. The first-order chi connectivity index (χ1) is 10.5. The number of aryl methyl sites for hydroxylation is 1. The van der Waals surface area contributed by atoms with Gasteiger partial charge in [0.2, 0.25) is 0 Å². The second-order valence-corrected chi connectivity index (χ2v) is 6.49. The first-order valence-corrected chi connectivity index (χ1v) is 8.12. The Morgan fingerprint density at radius 2 is 2.05 bits per heavy atom. The third-order valence-electron chi connectivity index (χ3n) is 4.04. The predicted molar refractivity (Wildman–Crippen MR) is 87.8 cm³/mol. The lowest BCUT2D eigenvalue weighted by atomic mass is 10.1. The Balaban J connectivity index is 1.86. The monoisotopic (exact) mass is 363 g/mol. The number of hydrogen-bond acceptors (Lipinski definition) is 3. The maximum atomic E-state index is 11.0. The van der Waals surface area contributed by atoms with Crippen LogP contribution in [-0.4, -0.2) is 38.8 Å². The van der Waals surface area contributed by atoms with Crippen molar-refractivity contribution in [1.29, 1.82) is 0 Å². The molecule has 116 valence electrons. The predicted octanol–water partition coefficient (Wildman–Crippen LogP) is 3.14. The third kappa shape index (κ3) is 3.08. The van der Waals surface area contributed by atoms with E-state index < -0.39 is 5.97 Å². The van der Waals surface area contributed by atoms with Crippen LogP contribution in [0, 0.1) is 0 Å². The second-order valence-electron chi connectivity index (χ2n) is 5.63. The molecule has 5 nitrogen and oxygen atoms in total. The van der Waals surface area contributed by atoms with Gasteiger partial charge >= 0.3 is 5.97 Å². The molecule has 1 N–H and O–H groups in total. The van der Waals surface area contributed by atoms with Gasteiger partial charge in [0.05, 0.1) is 5.69 Å². The lowest BCUT2D eigenvalue weighted by Crippen LogP contribution is -2.18. The zero-order chi connectivity index (χ0) is 15.7. The van der Waals surface area contributed by atoms with Gasteiger partial charge in [0, 0.05) is 23.6 Å². The van der Waals surface area contributed by atoms with Crippen LogP contribution >= 0.6 is 15.9 Å². The number of rotatable bonds is 4. The summed E-state index contributed by atoms with van der Waals surface area (Å²) in [6, 6.07) is 7.77. The minimum atomic E-state index is -1.01. The van der Waals surface area contributed by atoms with Crippen LogP contribution in [0.3, 0.4) is 0 Å². The first-order valence-electron chi connectivity index (χ1n) is 7.33. The van der Waals surface area contributed by atoms with E-state index in [0.717, 1.165) is 35.4 Å². The van der Waals surface area contributed by atoms with Gasteiger partial charge in [-0.1, -0.05) is 28.1 Å². The molecule has 0 amide bonds. The normalized spacial score (nSPS) is 15.4. The summed E-state index contributed by atoms with van der Waals surface area (Å²) >= 11 is 3.64. The smallest absolute Gasteiger partial charge is 0.356 e. The molecule has 0 radical (unpaired) electrons. The van der Waals surface area contributed by atoms with Crippen LogP contribution in [0.5, 0.6) is 0 Å². The third-order valence-corrected chi connectivity index (χ3v) is 4.78. The Bertz CT molecular complexity index is 705. The lowest BCUT2D eigenvalue weighted by Gasteiger charge is -2.16. The fourth-order valence-electron chi connectivity index (χ4n) is 2.86. The SMILES string of the molecule is Cn1nc(C(=O)O)cc1-c1ccc(CN2CCCC2)c(Br)c1. The van der Waals surface area contributed by atoms with Crippen molar-refractivity contribution in [2.24, 2.45) is 7.05 Å². The van der Waals surface area contributed by atoms with Crippen LogP contribution in [0.4, 0.5) is 0 Å². The van der Waals surface area contributed by atoms with Crippen molar-refractivity contribution in [2.45, 2.75) is 19.4 Å². The molecule has 0 bridgehead atoms. The summed E-state index contributed by atoms with van der Waals surface area (Å²) in [5, 5.41) is 13.1. The Morgan fingerprint density at radius 3 is 2.64 bits per heavy atom. The number of carboxylic acid groups (broad SMARTS) is 1. The highest BCUT2D eigenvalue weighted by atomic mass is 79.9. The van der Waals surface area contributed by atoms with Crippen LogP contribution in [0.15, 0.2) is 28.7 Å². The zero-order valence-corrected chi connectivity index (χ0v) is 14.0. The van der Waals surface area contributed by atoms with E-state index >= 15 is 0 Å². The standard InChI is InChI=1S/C16H18BrN3O2/c1-19-15(9-14(18-19)16(21)22)11-4-5-12(13(17)8-11)10-20-6-2-3-7-20/h4-5,8-9H,2-3,6-7,10H2,1H3,(H,21,22). The van der Waals surface area contributed by atoms with Gasteiger partial charge in [0.25, 0.3) is 0 Å². The van der Waals surface area contributed by atoms with E-state index in [2.05, 4.69) is 32.0 Å². The number of halogens is 1. The maximum absolute atomic E-state index is 11.0. The van der Waals surface area contributed by atoms with E-state index in [-0.39, 0.29) is 5.69 Å². The number of aromatic carboxylic acids is 1. The van der Waals surface area contributed by atoms with Crippen molar-refractivity contribution >= 4 is 21.9 Å². The summed E-state index contributed by atoms with van der Waals surface area (Å²) in [7, 11) is 1.76. The molecule has 2 heterocycles. The summed E-state index contributed by atoms with van der Waals surface area (Å²) in [4.78, 5) is 13.5. The van der Waals surface area contributed by atoms with Crippen LogP contribution in [0.1, 0.15) is 28.9 Å². The van der Waals surface area contributed by atoms with Crippen molar-refractivity contribution in [2.75, 3.05) is 13.1 Å². The molecule has 22 heavy (non-hydrogen) atoms. The maximum Gasteiger partial charge on any atom is 0.356 e. The fourth-order valence-corrected chi connectivity index (χ4v) is 3.36. The van der Waals surface area contributed by atoms with Gasteiger partial charge < -0.3 is 5.11 Å². The molecule has 0 saturated carbocycles. The summed E-state index contributed by atoms with van der Waals surface area (Å²) in [5.74, 6) is -1.01. The summed E-state index contributed by atoms with van der Waals surface area (Å²) in [6.07, 6.45) is 2.56. The molecule has 0 unspecified atom stereocenters. The van der Waals surface area contributed by atoms with Gasteiger partial charge in [0.1, 0.15) is 0 Å². The molecule has 3 rings (SSSR count). The zero-order valence-electron chi connectivity index (χ0n) is 12.4. The number of hydrogen-bond donors (Lipinski definition) is 1.